The van der Waals surface area contributed by atoms with Crippen molar-refractivity contribution in [2.45, 2.75) is 7.43 Å². The molecular formula is C3H17N2O4P. The predicted octanol–water partition coefficient (Wildman–Crippen LogP) is 0.834. The number of hydrogen-bond acceptors (Lipinski definition) is 3. The van der Waals surface area contributed by atoms with Gasteiger partial charge in [0.2, 0.25) is 0 Å². The largest absolute Gasteiger partial charge is 0.466 e. The van der Waals surface area contributed by atoms with Crippen molar-refractivity contribution in [1.82, 2.24) is 12.3 Å². The second kappa shape index (κ2) is 15.9. The van der Waals surface area contributed by atoms with Gasteiger partial charge in [0.15, 0.2) is 0 Å². The molecule has 0 aromatic heterocycles. The fraction of sp³-hybridized carbons (Fsp3) is 0.333. The van der Waals surface area contributed by atoms with E-state index < -0.39 is 7.82 Å². The molecule has 7 heteroatoms. The van der Waals surface area contributed by atoms with E-state index in [9.17, 15) is 0 Å². The first kappa shape index (κ1) is 33.0. The van der Waals surface area contributed by atoms with Crippen molar-refractivity contribution in [3.8, 4) is 0 Å². The number of phosphoric acid groups is 1. The molecule has 0 saturated carbocycles. The first-order chi connectivity index (χ1) is 3.00. The van der Waals surface area contributed by atoms with Gasteiger partial charge in [0.05, 0.1) is 0 Å². The van der Waals surface area contributed by atoms with Crippen LogP contribution in [0.4, 0.5) is 0 Å². The summed E-state index contributed by atoms with van der Waals surface area (Å²) >= 11 is 0. The smallest absolute Gasteiger partial charge is 0.344 e. The summed E-state index contributed by atoms with van der Waals surface area (Å²) in [5.41, 5.74) is 0. The van der Waals surface area contributed by atoms with Gasteiger partial charge in [-0.05, 0) is 0 Å². The van der Waals surface area contributed by atoms with Crippen molar-refractivity contribution in [1.29, 1.82) is 0 Å². The van der Waals surface area contributed by atoms with Crippen molar-refractivity contribution in [2.24, 2.45) is 0 Å². The zero-order chi connectivity index (χ0) is 6.50. The van der Waals surface area contributed by atoms with Crippen molar-refractivity contribution in [3.63, 3.8) is 0 Å². The summed E-state index contributed by atoms with van der Waals surface area (Å²) in [6, 6.07) is 0. The van der Waals surface area contributed by atoms with Gasteiger partial charge < -0.3 is 27.0 Å². The molecule has 68 valence electrons. The molecule has 0 spiro atoms. The Morgan fingerprint density at radius 2 is 1.00 bits per heavy atom. The monoisotopic (exact) mass is 176 g/mol. The summed E-state index contributed by atoms with van der Waals surface area (Å²) in [5, 5.41) is 0. The molecule has 0 heterocycles. The van der Waals surface area contributed by atoms with Gasteiger partial charge in [-0.25, -0.2) is 4.57 Å². The highest BCUT2D eigenvalue weighted by Crippen LogP contribution is 2.25. The van der Waals surface area contributed by atoms with Crippen LogP contribution in [0.2, 0.25) is 0 Å². The van der Waals surface area contributed by atoms with Gasteiger partial charge in [-0.1, -0.05) is 7.43 Å². The summed E-state index contributed by atoms with van der Waals surface area (Å²) in [5.74, 6) is 0. The van der Waals surface area contributed by atoms with E-state index in [4.69, 9.17) is 19.2 Å². The molecule has 0 saturated heterocycles. The Kier molecular flexibility index (Phi) is 52.5. The molecule has 0 atom stereocenters. The zero-order valence-electron chi connectivity index (χ0n) is 5.03. The molecule has 0 fully saturated rings. The van der Waals surface area contributed by atoms with Gasteiger partial charge in [-0.3, -0.25) is 0 Å². The Balaban J connectivity index is -0.0000000154. The van der Waals surface area contributed by atoms with Gasteiger partial charge in [0.25, 0.3) is 0 Å². The summed E-state index contributed by atoms with van der Waals surface area (Å²) < 4.78 is 8.88. The molecule has 9 N–H and O–H groups in total. The van der Waals surface area contributed by atoms with Crippen molar-refractivity contribution >= 4 is 7.82 Å². The highest BCUT2D eigenvalue weighted by molar-refractivity contribution is 7.45. The molecule has 0 amide bonds. The molecule has 0 aliphatic rings. The van der Waals surface area contributed by atoms with Crippen LogP contribution in [0.3, 0.4) is 0 Å². The van der Waals surface area contributed by atoms with Gasteiger partial charge in [0, 0.05) is 0 Å². The minimum Gasteiger partial charge on any atom is -0.344 e. The lowest BCUT2D eigenvalue weighted by molar-refractivity contribution is 0.275. The average molecular weight is 176 g/mol. The number of hydrogen-bond donors (Lipinski definition) is 5. The van der Waals surface area contributed by atoms with Crippen LogP contribution in [0.25, 0.3) is 0 Å². The lowest BCUT2D eigenvalue weighted by Gasteiger charge is -1.82. The number of rotatable bonds is 0. The second-order valence-corrected chi connectivity index (χ2v) is 1.54. The fourth-order valence-corrected chi connectivity index (χ4v) is 0. The van der Waals surface area contributed by atoms with Crippen molar-refractivity contribution in [3.05, 3.63) is 13.2 Å². The lowest BCUT2D eigenvalue weighted by Crippen LogP contribution is -1.66. The average Bonchev–Trinajstić information content (AvgIpc) is 1.36. The van der Waals surface area contributed by atoms with Crippen LogP contribution < -0.4 is 12.3 Å². The summed E-state index contributed by atoms with van der Waals surface area (Å²) in [7, 11) is -4.64. The molecule has 0 aromatic carbocycles. The van der Waals surface area contributed by atoms with Crippen LogP contribution in [0.1, 0.15) is 7.43 Å². The minimum absolute atomic E-state index is 0. The maximum absolute atomic E-state index is 8.88. The van der Waals surface area contributed by atoms with Crippen LogP contribution in [0.5, 0.6) is 0 Å². The fourth-order valence-electron chi connectivity index (χ4n) is 0. The van der Waals surface area contributed by atoms with Crippen LogP contribution in [-0.2, 0) is 4.57 Å². The Morgan fingerprint density at radius 3 is 1.00 bits per heavy atom. The summed E-state index contributed by atoms with van der Waals surface area (Å²) in [4.78, 5) is 21.6. The Labute approximate surface area is 61.0 Å². The van der Waals surface area contributed by atoms with Gasteiger partial charge in [-0.15, -0.1) is 13.2 Å². The van der Waals surface area contributed by atoms with E-state index in [-0.39, 0.29) is 19.7 Å². The molecule has 6 nitrogen and oxygen atoms in total. The quantitative estimate of drug-likeness (QED) is 0.272. The third-order valence-corrected chi connectivity index (χ3v) is 0. The van der Waals surface area contributed by atoms with Gasteiger partial charge in [-0.2, -0.15) is 0 Å². The summed E-state index contributed by atoms with van der Waals surface area (Å²) in [6.45, 7) is 6.00. The third kappa shape index (κ3) is 6730. The van der Waals surface area contributed by atoms with E-state index >= 15 is 0 Å². The van der Waals surface area contributed by atoms with Crippen LogP contribution in [-0.4, -0.2) is 14.7 Å². The molecule has 0 aliphatic carbocycles. The van der Waals surface area contributed by atoms with E-state index in [1.54, 1.807) is 0 Å². The zero-order valence-corrected chi connectivity index (χ0v) is 5.92. The molecule has 0 aliphatic heterocycles. The Bertz CT molecular complexity index is 74.3. The second-order valence-electron chi connectivity index (χ2n) is 0.513. The van der Waals surface area contributed by atoms with Gasteiger partial charge >= 0.3 is 7.82 Å². The topological polar surface area (TPSA) is 148 Å². The first-order valence-corrected chi connectivity index (χ1v) is 2.85. The van der Waals surface area contributed by atoms with Crippen molar-refractivity contribution in [2.75, 3.05) is 0 Å². The normalized spacial score (nSPS) is 6.30. The van der Waals surface area contributed by atoms with E-state index in [1.165, 1.54) is 0 Å². The van der Waals surface area contributed by atoms with Crippen LogP contribution >= 0.6 is 7.82 Å². The minimum atomic E-state index is -4.64. The standard InChI is InChI=1S/C2H4.CH4.2H3N.H3O4P/c1-2;;;;1-5(2,3)4/h1-2H2;1H4;2*1H3;(H3,1,2,3,4). The van der Waals surface area contributed by atoms with Crippen LogP contribution in [0.15, 0.2) is 13.2 Å². The van der Waals surface area contributed by atoms with Crippen molar-refractivity contribution < 1.29 is 19.2 Å². The molecule has 0 unspecified atom stereocenters. The summed E-state index contributed by atoms with van der Waals surface area (Å²) in [6.07, 6.45) is 0. The lowest BCUT2D eigenvalue weighted by atomic mass is 11.3. The van der Waals surface area contributed by atoms with E-state index in [0.29, 0.717) is 0 Å². The van der Waals surface area contributed by atoms with E-state index in [1.807, 2.05) is 0 Å². The highest BCUT2D eigenvalue weighted by Gasteiger charge is 2.00. The maximum atomic E-state index is 8.88. The Hall–Kier alpha value is -0.230. The molecule has 0 bridgehead atoms. The molecular weight excluding hydrogens is 159 g/mol. The Morgan fingerprint density at radius 1 is 1.00 bits per heavy atom. The molecule has 0 radical (unpaired) electrons. The van der Waals surface area contributed by atoms with Crippen LogP contribution in [0, 0.1) is 0 Å². The first-order valence-electron chi connectivity index (χ1n) is 1.28. The SMILES string of the molecule is C.C=C.N.N.O=P(O)(O)O. The molecule has 0 aromatic rings. The molecule has 10 heavy (non-hydrogen) atoms. The highest BCUT2D eigenvalue weighted by atomic mass is 31.2. The van der Waals surface area contributed by atoms with E-state index in [2.05, 4.69) is 13.2 Å². The predicted molar refractivity (Wildman–Crippen MR) is 42.3 cm³/mol. The van der Waals surface area contributed by atoms with Gasteiger partial charge in [0.1, 0.15) is 0 Å². The van der Waals surface area contributed by atoms with E-state index in [0.717, 1.165) is 0 Å². The molecule has 0 rings (SSSR count). The third-order valence-electron chi connectivity index (χ3n) is 0. The maximum Gasteiger partial charge on any atom is 0.466 e.